The van der Waals surface area contributed by atoms with Crippen molar-refractivity contribution >= 4 is 27.5 Å². The van der Waals surface area contributed by atoms with Crippen LogP contribution >= 0.6 is 11.6 Å². The molecule has 0 aliphatic carbocycles. The van der Waals surface area contributed by atoms with Gasteiger partial charge in [0.1, 0.15) is 0 Å². The van der Waals surface area contributed by atoms with E-state index in [0.29, 0.717) is 5.02 Å². The number of hydrogen-bond donors (Lipinski definition) is 1. The summed E-state index contributed by atoms with van der Waals surface area (Å²) in [5.74, 6) is -0.400. The van der Waals surface area contributed by atoms with Crippen molar-refractivity contribution in [3.8, 4) is 0 Å². The lowest BCUT2D eigenvalue weighted by Gasteiger charge is -2.22. The second kappa shape index (κ2) is 10.1. The van der Waals surface area contributed by atoms with Crippen LogP contribution in [0.1, 0.15) is 22.3 Å². The number of carbonyl (C=O) groups is 1. The van der Waals surface area contributed by atoms with E-state index in [1.807, 2.05) is 56.3 Å². The molecule has 0 atom stereocenters. The molecule has 0 aliphatic rings. The molecule has 0 spiro atoms. The van der Waals surface area contributed by atoms with Gasteiger partial charge in [0.25, 0.3) is 0 Å². The lowest BCUT2D eigenvalue weighted by Crippen LogP contribution is -2.40. The molecule has 5 nitrogen and oxygen atoms in total. The van der Waals surface area contributed by atoms with Crippen molar-refractivity contribution in [1.82, 2.24) is 9.62 Å². The van der Waals surface area contributed by atoms with Crippen LogP contribution in [0.25, 0.3) is 0 Å². The molecular formula is C24H25ClN2O3S. The topological polar surface area (TPSA) is 66.5 Å². The van der Waals surface area contributed by atoms with E-state index < -0.39 is 15.9 Å². The number of hydrogen-bond acceptors (Lipinski definition) is 3. The highest BCUT2D eigenvalue weighted by molar-refractivity contribution is 7.89. The smallest absolute Gasteiger partial charge is 0.243 e. The maximum atomic E-state index is 13.3. The number of aryl methyl sites for hydroxylation is 2. The van der Waals surface area contributed by atoms with Gasteiger partial charge in [0, 0.05) is 18.1 Å². The lowest BCUT2D eigenvalue weighted by atomic mass is 10.1. The summed E-state index contributed by atoms with van der Waals surface area (Å²) in [4.78, 5) is 12.8. The first-order valence-corrected chi connectivity index (χ1v) is 11.7. The van der Waals surface area contributed by atoms with Gasteiger partial charge in [-0.15, -0.1) is 0 Å². The molecular weight excluding hydrogens is 432 g/mol. The summed E-state index contributed by atoms with van der Waals surface area (Å²) in [6.07, 6.45) is 0. The Morgan fingerprint density at radius 3 is 2.32 bits per heavy atom. The molecule has 3 aromatic carbocycles. The van der Waals surface area contributed by atoms with Gasteiger partial charge in [-0.3, -0.25) is 4.79 Å². The summed E-state index contributed by atoms with van der Waals surface area (Å²) in [6.45, 7) is 3.86. The van der Waals surface area contributed by atoms with Crippen LogP contribution in [0.2, 0.25) is 5.02 Å². The van der Waals surface area contributed by atoms with Gasteiger partial charge < -0.3 is 5.32 Å². The molecule has 1 N–H and O–H groups in total. The number of benzene rings is 3. The third kappa shape index (κ3) is 6.17. The fraction of sp³-hybridized carbons (Fsp3) is 0.208. The molecule has 1 amide bonds. The van der Waals surface area contributed by atoms with Crippen molar-refractivity contribution in [2.45, 2.75) is 31.8 Å². The summed E-state index contributed by atoms with van der Waals surface area (Å²) in [5, 5.41) is 3.32. The number of amides is 1. The fourth-order valence-electron chi connectivity index (χ4n) is 3.15. The second-order valence-corrected chi connectivity index (χ2v) is 9.79. The minimum Gasteiger partial charge on any atom is -0.351 e. The lowest BCUT2D eigenvalue weighted by molar-refractivity contribution is -0.121. The van der Waals surface area contributed by atoms with Gasteiger partial charge in [0.15, 0.2) is 0 Å². The highest BCUT2D eigenvalue weighted by atomic mass is 35.5. The SMILES string of the molecule is Cc1ccc(S(=O)(=O)N(CC(=O)NCc2ccccc2Cl)Cc2cccc(C)c2)cc1. The summed E-state index contributed by atoms with van der Waals surface area (Å²) >= 11 is 6.14. The number of sulfonamides is 1. The molecule has 3 rings (SSSR count). The molecule has 0 fully saturated rings. The molecule has 31 heavy (non-hydrogen) atoms. The molecule has 0 radical (unpaired) electrons. The zero-order valence-corrected chi connectivity index (χ0v) is 19.1. The third-order valence-electron chi connectivity index (χ3n) is 4.85. The van der Waals surface area contributed by atoms with E-state index in [9.17, 15) is 13.2 Å². The largest absolute Gasteiger partial charge is 0.351 e. The van der Waals surface area contributed by atoms with Gasteiger partial charge >= 0.3 is 0 Å². The number of halogens is 1. The van der Waals surface area contributed by atoms with E-state index in [1.165, 1.54) is 4.31 Å². The van der Waals surface area contributed by atoms with Crippen molar-refractivity contribution in [3.05, 3.63) is 100 Å². The summed E-state index contributed by atoms with van der Waals surface area (Å²) < 4.78 is 27.8. The molecule has 0 saturated heterocycles. The van der Waals surface area contributed by atoms with Gasteiger partial charge in [-0.05, 0) is 43.2 Å². The number of rotatable bonds is 8. The molecule has 7 heteroatoms. The quantitative estimate of drug-likeness (QED) is 0.544. The standard InChI is InChI=1S/C24H25ClN2O3S/c1-18-10-12-22(13-11-18)31(29,30)27(16-20-7-5-6-19(2)14-20)17-24(28)26-15-21-8-3-4-9-23(21)25/h3-14H,15-17H2,1-2H3,(H,26,28). The Balaban J connectivity index is 1.82. The first kappa shape index (κ1) is 23.0. The van der Waals surface area contributed by atoms with Crippen molar-refractivity contribution < 1.29 is 13.2 Å². The highest BCUT2D eigenvalue weighted by Crippen LogP contribution is 2.20. The van der Waals surface area contributed by atoms with Crippen molar-refractivity contribution in [2.24, 2.45) is 0 Å². The highest BCUT2D eigenvalue weighted by Gasteiger charge is 2.27. The average molecular weight is 457 g/mol. The van der Waals surface area contributed by atoms with E-state index in [-0.39, 0.29) is 24.5 Å². The number of nitrogens with one attached hydrogen (secondary N) is 1. The third-order valence-corrected chi connectivity index (χ3v) is 7.03. The zero-order chi connectivity index (χ0) is 22.4. The van der Waals surface area contributed by atoms with Crippen LogP contribution in [-0.4, -0.2) is 25.2 Å². The van der Waals surface area contributed by atoms with Gasteiger partial charge in [-0.25, -0.2) is 8.42 Å². The van der Waals surface area contributed by atoms with Gasteiger partial charge in [-0.2, -0.15) is 4.31 Å². The first-order chi connectivity index (χ1) is 14.8. The second-order valence-electron chi connectivity index (χ2n) is 7.44. The molecule has 0 heterocycles. The summed E-state index contributed by atoms with van der Waals surface area (Å²) in [6, 6.07) is 21.4. The Kier molecular flexibility index (Phi) is 7.49. The minimum atomic E-state index is -3.87. The molecule has 162 valence electrons. The first-order valence-electron chi connectivity index (χ1n) is 9.88. The summed E-state index contributed by atoms with van der Waals surface area (Å²) in [7, 11) is -3.87. The average Bonchev–Trinajstić information content (AvgIpc) is 2.73. The molecule has 0 bridgehead atoms. The molecule has 0 aromatic heterocycles. The van der Waals surface area contributed by atoms with Crippen LogP contribution in [0.4, 0.5) is 0 Å². The van der Waals surface area contributed by atoms with Crippen LogP contribution < -0.4 is 5.32 Å². The number of carbonyl (C=O) groups excluding carboxylic acids is 1. The maximum Gasteiger partial charge on any atom is 0.243 e. The van der Waals surface area contributed by atoms with E-state index in [1.54, 1.807) is 30.3 Å². The van der Waals surface area contributed by atoms with E-state index in [0.717, 1.165) is 22.3 Å². The van der Waals surface area contributed by atoms with Crippen LogP contribution in [0, 0.1) is 13.8 Å². The van der Waals surface area contributed by atoms with Crippen molar-refractivity contribution in [1.29, 1.82) is 0 Å². The molecule has 0 unspecified atom stereocenters. The Hall–Kier alpha value is -2.67. The van der Waals surface area contributed by atoms with E-state index >= 15 is 0 Å². The summed E-state index contributed by atoms with van der Waals surface area (Å²) in [5.41, 5.74) is 3.56. The van der Waals surface area contributed by atoms with Crippen molar-refractivity contribution in [3.63, 3.8) is 0 Å². The van der Waals surface area contributed by atoms with Crippen LogP contribution in [0.3, 0.4) is 0 Å². The molecule has 0 aliphatic heterocycles. The van der Waals surface area contributed by atoms with Gasteiger partial charge in [-0.1, -0.05) is 77.3 Å². The minimum absolute atomic E-state index is 0.0946. The maximum absolute atomic E-state index is 13.3. The van der Waals surface area contributed by atoms with E-state index in [2.05, 4.69) is 5.32 Å². The van der Waals surface area contributed by atoms with Crippen LogP contribution in [-0.2, 0) is 27.9 Å². The Bertz CT molecular complexity index is 1160. The Labute approximate surface area is 188 Å². The number of nitrogens with zero attached hydrogens (tertiary/aromatic N) is 1. The van der Waals surface area contributed by atoms with Gasteiger partial charge in [0.05, 0.1) is 11.4 Å². The zero-order valence-electron chi connectivity index (χ0n) is 17.5. The molecule has 0 saturated carbocycles. The monoisotopic (exact) mass is 456 g/mol. The fourth-order valence-corrected chi connectivity index (χ4v) is 4.74. The Morgan fingerprint density at radius 2 is 1.65 bits per heavy atom. The van der Waals surface area contributed by atoms with E-state index in [4.69, 9.17) is 11.6 Å². The Morgan fingerprint density at radius 1 is 0.935 bits per heavy atom. The van der Waals surface area contributed by atoms with Gasteiger partial charge in [0.2, 0.25) is 15.9 Å². The van der Waals surface area contributed by atoms with Crippen LogP contribution in [0.5, 0.6) is 0 Å². The van der Waals surface area contributed by atoms with Crippen LogP contribution in [0.15, 0.2) is 77.7 Å². The predicted molar refractivity (Wildman–Crippen MR) is 123 cm³/mol. The normalized spacial score (nSPS) is 11.5. The van der Waals surface area contributed by atoms with Crippen molar-refractivity contribution in [2.75, 3.05) is 6.54 Å². The molecule has 3 aromatic rings. The predicted octanol–water partition coefficient (Wildman–Crippen LogP) is 4.46.